The SMILES string of the molecule is CC(c1ccco1)N(C)C(=O)COc1ccc(-c2ccccc2)cc1CN(C)C. The third-order valence-corrected chi connectivity index (χ3v) is 4.93. The summed E-state index contributed by atoms with van der Waals surface area (Å²) in [5.41, 5.74) is 3.33. The molecule has 1 atom stereocenters. The Kier molecular flexibility index (Phi) is 6.73. The van der Waals surface area contributed by atoms with Gasteiger partial charge in [-0.1, -0.05) is 36.4 Å². The number of likely N-dealkylation sites (N-methyl/N-ethyl adjacent to an activating group) is 1. The Hall–Kier alpha value is -3.05. The zero-order valence-corrected chi connectivity index (χ0v) is 17.5. The van der Waals surface area contributed by atoms with Crippen LogP contribution in [0.2, 0.25) is 0 Å². The molecule has 0 aliphatic rings. The lowest BCUT2D eigenvalue weighted by Crippen LogP contribution is -2.33. The number of carbonyl (C=O) groups is 1. The third kappa shape index (κ3) is 5.27. The highest BCUT2D eigenvalue weighted by atomic mass is 16.5. The summed E-state index contributed by atoms with van der Waals surface area (Å²) in [5.74, 6) is 1.38. The second-order valence-corrected chi connectivity index (χ2v) is 7.41. The molecule has 1 heterocycles. The smallest absolute Gasteiger partial charge is 0.260 e. The van der Waals surface area contributed by atoms with Crippen LogP contribution in [0.4, 0.5) is 0 Å². The van der Waals surface area contributed by atoms with Crippen LogP contribution in [0.25, 0.3) is 11.1 Å². The van der Waals surface area contributed by atoms with Crippen molar-refractivity contribution in [2.24, 2.45) is 0 Å². The number of carbonyl (C=O) groups excluding carboxylic acids is 1. The molecule has 29 heavy (non-hydrogen) atoms. The lowest BCUT2D eigenvalue weighted by molar-refractivity contribution is -0.134. The topological polar surface area (TPSA) is 45.9 Å². The summed E-state index contributed by atoms with van der Waals surface area (Å²) in [4.78, 5) is 16.4. The van der Waals surface area contributed by atoms with E-state index in [0.29, 0.717) is 0 Å². The summed E-state index contributed by atoms with van der Waals surface area (Å²) >= 11 is 0. The van der Waals surface area contributed by atoms with E-state index in [-0.39, 0.29) is 18.6 Å². The maximum atomic E-state index is 12.6. The molecule has 0 spiro atoms. The van der Waals surface area contributed by atoms with Gasteiger partial charge in [-0.25, -0.2) is 0 Å². The van der Waals surface area contributed by atoms with Crippen LogP contribution in [-0.2, 0) is 11.3 Å². The van der Waals surface area contributed by atoms with E-state index >= 15 is 0 Å². The molecule has 0 aliphatic heterocycles. The molecule has 152 valence electrons. The first-order valence-corrected chi connectivity index (χ1v) is 9.70. The summed E-state index contributed by atoms with van der Waals surface area (Å²) in [7, 11) is 5.80. The number of amides is 1. The van der Waals surface area contributed by atoms with E-state index in [9.17, 15) is 4.79 Å². The predicted molar refractivity (Wildman–Crippen MR) is 115 cm³/mol. The van der Waals surface area contributed by atoms with Crippen molar-refractivity contribution in [1.82, 2.24) is 9.80 Å². The number of furan rings is 1. The van der Waals surface area contributed by atoms with Gasteiger partial charge in [-0.2, -0.15) is 0 Å². The molecule has 0 N–H and O–H groups in total. The molecule has 1 aromatic heterocycles. The van der Waals surface area contributed by atoms with Crippen LogP contribution in [0, 0.1) is 0 Å². The normalized spacial score (nSPS) is 12.0. The fourth-order valence-electron chi connectivity index (χ4n) is 3.17. The van der Waals surface area contributed by atoms with Gasteiger partial charge in [0.2, 0.25) is 0 Å². The van der Waals surface area contributed by atoms with Crippen molar-refractivity contribution in [2.75, 3.05) is 27.7 Å². The van der Waals surface area contributed by atoms with Crippen LogP contribution < -0.4 is 4.74 Å². The monoisotopic (exact) mass is 392 g/mol. The van der Waals surface area contributed by atoms with Gasteiger partial charge in [0.15, 0.2) is 6.61 Å². The molecule has 0 bridgehead atoms. The van der Waals surface area contributed by atoms with Crippen molar-refractivity contribution in [2.45, 2.75) is 19.5 Å². The molecule has 0 fully saturated rings. The molecule has 0 saturated carbocycles. The van der Waals surface area contributed by atoms with E-state index in [4.69, 9.17) is 9.15 Å². The van der Waals surface area contributed by atoms with Crippen molar-refractivity contribution in [1.29, 1.82) is 0 Å². The van der Waals surface area contributed by atoms with Gasteiger partial charge in [0, 0.05) is 19.2 Å². The van der Waals surface area contributed by atoms with Crippen molar-refractivity contribution < 1.29 is 13.9 Å². The molecule has 1 unspecified atom stereocenters. The van der Waals surface area contributed by atoms with E-state index in [1.165, 1.54) is 0 Å². The number of nitrogens with zero attached hydrogens (tertiary/aromatic N) is 2. The first kappa shape index (κ1) is 20.7. The van der Waals surface area contributed by atoms with Gasteiger partial charge in [-0.3, -0.25) is 4.79 Å². The summed E-state index contributed by atoms with van der Waals surface area (Å²) < 4.78 is 11.3. The standard InChI is InChI=1S/C24H28N2O3/c1-18(22-11-8-14-28-22)26(4)24(27)17-29-23-13-12-20(15-21(23)16-25(2)3)19-9-6-5-7-10-19/h5-15,18H,16-17H2,1-4H3. The number of hydrogen-bond acceptors (Lipinski definition) is 4. The molecule has 0 aliphatic carbocycles. The minimum atomic E-state index is -0.150. The zero-order valence-electron chi connectivity index (χ0n) is 17.5. The lowest BCUT2D eigenvalue weighted by atomic mass is 10.0. The van der Waals surface area contributed by atoms with Crippen LogP contribution in [0.1, 0.15) is 24.3 Å². The highest BCUT2D eigenvalue weighted by molar-refractivity contribution is 5.78. The minimum Gasteiger partial charge on any atom is -0.483 e. The summed E-state index contributed by atoms with van der Waals surface area (Å²) in [6.07, 6.45) is 1.61. The fraction of sp³-hybridized carbons (Fsp3) is 0.292. The fourth-order valence-corrected chi connectivity index (χ4v) is 3.17. The molecule has 5 heteroatoms. The molecule has 3 rings (SSSR count). The summed E-state index contributed by atoms with van der Waals surface area (Å²) in [6, 6.07) is 19.9. The Morgan fingerprint density at radius 2 is 1.76 bits per heavy atom. The maximum absolute atomic E-state index is 12.6. The highest BCUT2D eigenvalue weighted by Crippen LogP contribution is 2.28. The van der Waals surface area contributed by atoms with Crippen LogP contribution in [0.15, 0.2) is 71.3 Å². The molecule has 3 aromatic rings. The van der Waals surface area contributed by atoms with Crippen molar-refractivity contribution in [3.05, 3.63) is 78.3 Å². The highest BCUT2D eigenvalue weighted by Gasteiger charge is 2.20. The number of ether oxygens (including phenoxy) is 1. The van der Waals surface area contributed by atoms with Gasteiger partial charge in [0.1, 0.15) is 11.5 Å². The molecular formula is C24H28N2O3. The zero-order chi connectivity index (χ0) is 20.8. The largest absolute Gasteiger partial charge is 0.483 e. The Bertz CT molecular complexity index is 921. The third-order valence-electron chi connectivity index (χ3n) is 4.93. The van der Waals surface area contributed by atoms with Gasteiger partial charge in [-0.05, 0) is 56.4 Å². The maximum Gasteiger partial charge on any atom is 0.260 e. The van der Waals surface area contributed by atoms with E-state index in [0.717, 1.165) is 34.7 Å². The Balaban J connectivity index is 1.73. The second-order valence-electron chi connectivity index (χ2n) is 7.41. The quantitative estimate of drug-likeness (QED) is 0.562. The van der Waals surface area contributed by atoms with Gasteiger partial charge >= 0.3 is 0 Å². The van der Waals surface area contributed by atoms with E-state index in [1.807, 2.05) is 63.5 Å². The average Bonchev–Trinajstić information content (AvgIpc) is 3.26. The Morgan fingerprint density at radius 1 is 1.00 bits per heavy atom. The van der Waals surface area contributed by atoms with Gasteiger partial charge in [0.25, 0.3) is 5.91 Å². The number of rotatable bonds is 8. The van der Waals surface area contributed by atoms with Crippen molar-refractivity contribution >= 4 is 5.91 Å². The van der Waals surface area contributed by atoms with E-state index < -0.39 is 0 Å². The molecule has 0 saturated heterocycles. The Morgan fingerprint density at radius 3 is 2.41 bits per heavy atom. The molecular weight excluding hydrogens is 364 g/mol. The Labute approximate surface area is 172 Å². The first-order chi connectivity index (χ1) is 14.0. The molecule has 0 radical (unpaired) electrons. The van der Waals surface area contributed by atoms with Crippen LogP contribution in [-0.4, -0.2) is 43.5 Å². The van der Waals surface area contributed by atoms with Crippen LogP contribution >= 0.6 is 0 Å². The van der Waals surface area contributed by atoms with E-state index in [2.05, 4.69) is 23.1 Å². The number of benzene rings is 2. The predicted octanol–water partition coefficient (Wildman–Crippen LogP) is 4.61. The van der Waals surface area contributed by atoms with Gasteiger partial charge in [0.05, 0.1) is 12.3 Å². The summed E-state index contributed by atoms with van der Waals surface area (Å²) in [5, 5.41) is 0. The van der Waals surface area contributed by atoms with Crippen LogP contribution in [0.5, 0.6) is 5.75 Å². The summed E-state index contributed by atoms with van der Waals surface area (Å²) in [6.45, 7) is 2.64. The molecule has 2 aromatic carbocycles. The molecule has 5 nitrogen and oxygen atoms in total. The average molecular weight is 392 g/mol. The van der Waals surface area contributed by atoms with Crippen molar-refractivity contribution in [3.8, 4) is 16.9 Å². The van der Waals surface area contributed by atoms with Gasteiger partial charge in [-0.15, -0.1) is 0 Å². The second kappa shape index (κ2) is 9.43. The number of hydrogen-bond donors (Lipinski definition) is 0. The van der Waals surface area contributed by atoms with E-state index in [1.54, 1.807) is 18.2 Å². The van der Waals surface area contributed by atoms with Crippen molar-refractivity contribution in [3.63, 3.8) is 0 Å². The lowest BCUT2D eigenvalue weighted by Gasteiger charge is -2.24. The first-order valence-electron chi connectivity index (χ1n) is 9.70. The van der Waals surface area contributed by atoms with Crippen LogP contribution in [0.3, 0.4) is 0 Å². The minimum absolute atomic E-state index is 0.0212. The molecule has 1 amide bonds. The van der Waals surface area contributed by atoms with Gasteiger partial charge < -0.3 is 19.0 Å².